The van der Waals surface area contributed by atoms with Gasteiger partial charge in [-0.25, -0.2) is 4.39 Å². The van der Waals surface area contributed by atoms with Crippen LogP contribution < -0.4 is 16.2 Å². The second kappa shape index (κ2) is 7.38. The number of carbonyl (C=O) groups excluding carboxylic acids is 1. The third kappa shape index (κ3) is 3.87. The van der Waals surface area contributed by atoms with Gasteiger partial charge in [-0.2, -0.15) is 0 Å². The minimum atomic E-state index is -0.779. The summed E-state index contributed by atoms with van der Waals surface area (Å²) in [6.07, 6.45) is -0.874. The number of aryl methyl sites for hydroxylation is 1. The summed E-state index contributed by atoms with van der Waals surface area (Å²) in [5.41, 5.74) is 2.08. The van der Waals surface area contributed by atoms with E-state index in [-0.39, 0.29) is 17.6 Å². The highest BCUT2D eigenvalue weighted by Gasteiger charge is 2.33. The number of alkyl halides is 1. The quantitative estimate of drug-likeness (QED) is 0.750. The number of nitrogens with one attached hydrogen (secondary N) is 3. The van der Waals surface area contributed by atoms with Crippen LogP contribution in [-0.2, 0) is 9.53 Å². The molecule has 3 unspecified atom stereocenters. The van der Waals surface area contributed by atoms with Gasteiger partial charge in [-0.3, -0.25) is 19.8 Å². The third-order valence-corrected chi connectivity index (χ3v) is 5.21. The van der Waals surface area contributed by atoms with Crippen LogP contribution in [0, 0.1) is 6.92 Å². The number of halogens is 1. The van der Waals surface area contributed by atoms with Crippen LogP contribution in [0.4, 0.5) is 10.1 Å². The number of H-pyrrole nitrogens is 1. The van der Waals surface area contributed by atoms with Gasteiger partial charge in [0.1, 0.15) is 12.3 Å². The number of pyridine rings is 1. The summed E-state index contributed by atoms with van der Waals surface area (Å²) in [5.74, 6) is -0.229. The van der Waals surface area contributed by atoms with E-state index in [4.69, 9.17) is 4.74 Å². The molecule has 8 heteroatoms. The Balaban J connectivity index is 1.38. The Hall–Kier alpha value is -2.29. The molecule has 144 valence electrons. The maximum absolute atomic E-state index is 13.3. The van der Waals surface area contributed by atoms with Gasteiger partial charge in [0.05, 0.1) is 12.8 Å². The summed E-state index contributed by atoms with van der Waals surface area (Å²) in [5, 5.41) is 7.02. The third-order valence-electron chi connectivity index (χ3n) is 5.21. The number of likely N-dealkylation sites (tertiary alicyclic amines) is 1. The van der Waals surface area contributed by atoms with Crippen LogP contribution in [0.15, 0.2) is 29.1 Å². The molecule has 0 spiro atoms. The lowest BCUT2D eigenvalue weighted by atomic mass is 10.1. The van der Waals surface area contributed by atoms with Gasteiger partial charge in [0.25, 0.3) is 5.91 Å². The molecule has 0 saturated carbocycles. The molecule has 2 aromatic rings. The topological polar surface area (TPSA) is 86.5 Å². The highest BCUT2D eigenvalue weighted by Crippen LogP contribution is 2.21. The number of ether oxygens (including phenoxy) is 1. The number of amides is 1. The van der Waals surface area contributed by atoms with Gasteiger partial charge in [-0.1, -0.05) is 0 Å². The lowest BCUT2D eigenvalue weighted by Crippen LogP contribution is -2.57. The summed E-state index contributed by atoms with van der Waals surface area (Å²) in [4.78, 5) is 28.8. The van der Waals surface area contributed by atoms with Gasteiger partial charge < -0.3 is 15.0 Å². The van der Waals surface area contributed by atoms with Gasteiger partial charge in [-0.05, 0) is 37.1 Å². The smallest absolute Gasteiger partial charge is 0.254 e. The van der Waals surface area contributed by atoms with E-state index in [2.05, 4.69) is 15.6 Å². The number of morpholine rings is 1. The monoisotopic (exact) mass is 374 g/mol. The van der Waals surface area contributed by atoms with E-state index in [9.17, 15) is 14.0 Å². The summed E-state index contributed by atoms with van der Waals surface area (Å²) in [7, 11) is 0. The number of nitrogens with zero attached hydrogens (tertiary/aromatic N) is 1. The fraction of sp³-hybridized carbons (Fsp3) is 0.474. The molecule has 3 atom stereocenters. The second-order valence-corrected chi connectivity index (χ2v) is 7.19. The highest BCUT2D eigenvalue weighted by molar-refractivity contribution is 5.96. The van der Waals surface area contributed by atoms with Gasteiger partial charge in [0.15, 0.2) is 0 Å². The van der Waals surface area contributed by atoms with Crippen molar-refractivity contribution in [2.45, 2.75) is 31.8 Å². The van der Waals surface area contributed by atoms with Crippen LogP contribution in [0.3, 0.4) is 0 Å². The molecule has 0 bridgehead atoms. The molecular weight excluding hydrogens is 351 g/mol. The van der Waals surface area contributed by atoms with Crippen molar-refractivity contribution >= 4 is 22.5 Å². The summed E-state index contributed by atoms with van der Waals surface area (Å²) in [6.45, 7) is 3.71. The lowest BCUT2D eigenvalue weighted by molar-refractivity contribution is -0.132. The van der Waals surface area contributed by atoms with Gasteiger partial charge in [-0.15, -0.1) is 0 Å². The molecule has 0 aliphatic carbocycles. The molecule has 2 aliphatic rings. The number of fused-ring (bicyclic) bond motifs is 1. The van der Waals surface area contributed by atoms with E-state index in [0.717, 1.165) is 16.5 Å². The van der Waals surface area contributed by atoms with Crippen molar-refractivity contribution in [1.82, 2.24) is 15.2 Å². The Kier molecular flexibility index (Phi) is 4.94. The zero-order valence-corrected chi connectivity index (χ0v) is 15.1. The standard InChI is InChI=1S/C19H23FN4O3/c1-11-6-18(25)23-15-3-2-13(7-14(11)15)22-19(26)16-8-21-17(10-27-16)24-5-4-12(20)9-24/h2-3,6-7,12,16-17,21H,4-5,8-10H2,1H3,(H,22,26)(H,23,25). The van der Waals surface area contributed by atoms with Crippen LogP contribution in [0.25, 0.3) is 10.9 Å². The number of hydrogen-bond donors (Lipinski definition) is 3. The number of rotatable bonds is 3. The first-order valence-corrected chi connectivity index (χ1v) is 9.17. The predicted molar refractivity (Wildman–Crippen MR) is 101 cm³/mol. The average Bonchev–Trinajstić information content (AvgIpc) is 3.09. The molecule has 3 heterocycles. The van der Waals surface area contributed by atoms with Gasteiger partial charge in [0, 0.05) is 42.3 Å². The fourth-order valence-electron chi connectivity index (χ4n) is 3.72. The van der Waals surface area contributed by atoms with Crippen molar-refractivity contribution in [3.63, 3.8) is 0 Å². The molecule has 2 saturated heterocycles. The minimum absolute atomic E-state index is 0.0463. The SMILES string of the molecule is Cc1cc(=O)[nH]c2ccc(NC(=O)C3CNC(N4CCC(F)C4)CO3)cc12. The van der Waals surface area contributed by atoms with E-state index in [1.165, 1.54) is 6.07 Å². The maximum atomic E-state index is 13.3. The molecule has 0 radical (unpaired) electrons. The van der Waals surface area contributed by atoms with Crippen LogP contribution in [-0.4, -0.2) is 60.5 Å². The van der Waals surface area contributed by atoms with Crippen LogP contribution in [0.2, 0.25) is 0 Å². The first kappa shape index (κ1) is 18.1. The normalized spacial score (nSPS) is 26.4. The molecule has 2 fully saturated rings. The number of benzene rings is 1. The number of carbonyl (C=O) groups is 1. The highest BCUT2D eigenvalue weighted by atomic mass is 19.1. The van der Waals surface area contributed by atoms with E-state index in [1.807, 2.05) is 17.9 Å². The maximum Gasteiger partial charge on any atom is 0.254 e. The first-order valence-electron chi connectivity index (χ1n) is 9.17. The van der Waals surface area contributed by atoms with Crippen molar-refractivity contribution in [3.8, 4) is 0 Å². The number of anilines is 1. The summed E-state index contributed by atoms with van der Waals surface area (Å²) < 4.78 is 19.1. The van der Waals surface area contributed by atoms with E-state index in [1.54, 1.807) is 12.1 Å². The molecule has 1 amide bonds. The van der Waals surface area contributed by atoms with E-state index in [0.29, 0.717) is 38.3 Å². The molecule has 2 aliphatic heterocycles. The molecular formula is C19H23FN4O3. The molecule has 4 rings (SSSR count). The Morgan fingerprint density at radius 3 is 2.93 bits per heavy atom. The van der Waals surface area contributed by atoms with Crippen LogP contribution >= 0.6 is 0 Å². The zero-order chi connectivity index (χ0) is 19.0. The van der Waals surface area contributed by atoms with Gasteiger partial charge >= 0.3 is 0 Å². The average molecular weight is 374 g/mol. The molecule has 1 aromatic carbocycles. The van der Waals surface area contributed by atoms with Crippen molar-refractivity contribution in [2.75, 3.05) is 31.6 Å². The van der Waals surface area contributed by atoms with Crippen molar-refractivity contribution in [3.05, 3.63) is 40.2 Å². The molecule has 3 N–H and O–H groups in total. The van der Waals surface area contributed by atoms with Crippen LogP contribution in [0.5, 0.6) is 0 Å². The number of aromatic nitrogens is 1. The zero-order valence-electron chi connectivity index (χ0n) is 15.1. The molecule has 27 heavy (non-hydrogen) atoms. The van der Waals surface area contributed by atoms with Crippen molar-refractivity contribution in [2.24, 2.45) is 0 Å². The minimum Gasteiger partial charge on any atom is -0.364 e. The predicted octanol–water partition coefficient (Wildman–Crippen LogP) is 1.13. The Labute approximate surface area is 155 Å². The molecule has 7 nitrogen and oxygen atoms in total. The Morgan fingerprint density at radius 1 is 1.37 bits per heavy atom. The lowest BCUT2D eigenvalue weighted by Gasteiger charge is -2.35. The Bertz CT molecular complexity index is 907. The molecule has 1 aromatic heterocycles. The van der Waals surface area contributed by atoms with E-state index >= 15 is 0 Å². The summed E-state index contributed by atoms with van der Waals surface area (Å²) in [6, 6.07) is 6.89. The first-order chi connectivity index (χ1) is 13.0. The second-order valence-electron chi connectivity index (χ2n) is 7.19. The largest absolute Gasteiger partial charge is 0.364 e. The van der Waals surface area contributed by atoms with Crippen molar-refractivity contribution < 1.29 is 13.9 Å². The number of hydrogen-bond acceptors (Lipinski definition) is 5. The van der Waals surface area contributed by atoms with Crippen LogP contribution in [0.1, 0.15) is 12.0 Å². The Morgan fingerprint density at radius 2 is 2.22 bits per heavy atom. The fourth-order valence-corrected chi connectivity index (χ4v) is 3.72. The summed E-state index contributed by atoms with van der Waals surface area (Å²) >= 11 is 0. The van der Waals surface area contributed by atoms with Gasteiger partial charge in [0.2, 0.25) is 5.56 Å². The van der Waals surface area contributed by atoms with E-state index < -0.39 is 12.3 Å². The number of aromatic amines is 1. The van der Waals surface area contributed by atoms with Crippen molar-refractivity contribution in [1.29, 1.82) is 0 Å².